The quantitative estimate of drug-likeness (QED) is 0.688. The molecule has 1 aliphatic rings. The van der Waals surface area contributed by atoms with Gasteiger partial charge >= 0.3 is 0 Å². The van der Waals surface area contributed by atoms with Gasteiger partial charge in [0.25, 0.3) is 11.8 Å². The summed E-state index contributed by atoms with van der Waals surface area (Å²) >= 11 is 1.12. The summed E-state index contributed by atoms with van der Waals surface area (Å²) in [4.78, 5) is 24.8. The Labute approximate surface area is 166 Å². The van der Waals surface area contributed by atoms with E-state index < -0.39 is 15.9 Å². The van der Waals surface area contributed by atoms with Gasteiger partial charge in [0.1, 0.15) is 0 Å². The fourth-order valence-corrected chi connectivity index (χ4v) is 4.99. The lowest BCUT2D eigenvalue weighted by Gasteiger charge is -2.26. The molecule has 11 heteroatoms. The van der Waals surface area contributed by atoms with Gasteiger partial charge in [0.15, 0.2) is 5.76 Å². The number of nitrogens with zero attached hydrogens (tertiary/aromatic N) is 1. The second kappa shape index (κ2) is 8.86. The molecule has 3 rings (SSSR count). The van der Waals surface area contributed by atoms with E-state index in [1.165, 1.54) is 10.6 Å². The molecule has 0 spiro atoms. The van der Waals surface area contributed by atoms with Gasteiger partial charge in [-0.15, -0.1) is 11.3 Å². The van der Waals surface area contributed by atoms with Crippen LogP contribution in [0.1, 0.15) is 25.8 Å². The Balaban J connectivity index is 1.54. The third kappa shape index (κ3) is 4.98. The summed E-state index contributed by atoms with van der Waals surface area (Å²) < 4.78 is 36.1. The van der Waals surface area contributed by atoms with Crippen molar-refractivity contribution in [2.24, 2.45) is 0 Å². The molecule has 1 saturated heterocycles. The third-order valence-corrected chi connectivity index (χ3v) is 7.14. The number of thiophene rings is 1. The highest BCUT2D eigenvalue weighted by molar-refractivity contribution is 7.89. The van der Waals surface area contributed by atoms with Crippen molar-refractivity contribution < 1.29 is 27.2 Å². The van der Waals surface area contributed by atoms with Gasteiger partial charge in [-0.1, -0.05) is 0 Å². The third-order valence-electron chi connectivity index (χ3n) is 4.11. The fraction of sp³-hybridized carbons (Fsp3) is 0.412. The van der Waals surface area contributed by atoms with Crippen LogP contribution in [-0.4, -0.2) is 63.1 Å². The Morgan fingerprint density at radius 1 is 1.25 bits per heavy atom. The number of morpholine rings is 1. The van der Waals surface area contributed by atoms with Crippen LogP contribution in [-0.2, 0) is 14.8 Å². The summed E-state index contributed by atoms with van der Waals surface area (Å²) in [5.41, 5.74) is 0.688. The van der Waals surface area contributed by atoms with Gasteiger partial charge in [0.2, 0.25) is 10.0 Å². The molecular formula is C17H21N3O6S2. The first-order valence-corrected chi connectivity index (χ1v) is 11.1. The number of rotatable bonds is 7. The molecule has 0 aromatic carbocycles. The zero-order valence-electron chi connectivity index (χ0n) is 15.3. The average Bonchev–Trinajstić information content (AvgIpc) is 3.32. The number of amides is 2. The fourth-order valence-electron chi connectivity index (χ4n) is 2.68. The standard InChI is InChI=1S/C17H21N3O6S2/c1-12-11-14(19-16(21)13-3-2-7-26-13)27-15(12)17(22)18-4-10-28(23,24)20-5-8-25-9-6-20/h2-3,7,11H,4-6,8-10H2,1H3,(H,18,22)(H,19,21). The molecule has 1 fully saturated rings. The van der Waals surface area contributed by atoms with E-state index >= 15 is 0 Å². The number of carbonyl (C=O) groups excluding carboxylic acids is 2. The summed E-state index contributed by atoms with van der Waals surface area (Å²) in [6, 6.07) is 4.83. The van der Waals surface area contributed by atoms with Crippen LogP contribution >= 0.6 is 11.3 Å². The number of carbonyl (C=O) groups is 2. The van der Waals surface area contributed by atoms with Crippen molar-refractivity contribution in [2.45, 2.75) is 6.92 Å². The largest absolute Gasteiger partial charge is 0.459 e. The maximum absolute atomic E-state index is 12.4. The molecule has 152 valence electrons. The molecule has 9 nitrogen and oxygen atoms in total. The molecule has 0 atom stereocenters. The van der Waals surface area contributed by atoms with E-state index in [1.807, 2.05) is 0 Å². The summed E-state index contributed by atoms with van der Waals surface area (Å²) in [5, 5.41) is 5.81. The zero-order valence-corrected chi connectivity index (χ0v) is 16.9. The van der Waals surface area contributed by atoms with Crippen LogP contribution in [0.4, 0.5) is 5.00 Å². The number of anilines is 1. The van der Waals surface area contributed by atoms with Gasteiger partial charge in [0.05, 0.1) is 35.1 Å². The van der Waals surface area contributed by atoms with Crippen molar-refractivity contribution in [3.63, 3.8) is 0 Å². The molecule has 1 aliphatic heterocycles. The molecule has 2 aromatic heterocycles. The van der Waals surface area contributed by atoms with E-state index in [0.29, 0.717) is 41.7 Å². The Kier molecular flexibility index (Phi) is 6.50. The monoisotopic (exact) mass is 427 g/mol. The highest BCUT2D eigenvalue weighted by Crippen LogP contribution is 2.27. The van der Waals surface area contributed by atoms with Gasteiger partial charge in [-0.05, 0) is 30.7 Å². The molecule has 0 unspecified atom stereocenters. The molecule has 2 amide bonds. The maximum Gasteiger partial charge on any atom is 0.291 e. The molecule has 2 aromatic rings. The number of hydrogen-bond donors (Lipinski definition) is 2. The minimum absolute atomic E-state index is 0.00392. The van der Waals surface area contributed by atoms with Gasteiger partial charge < -0.3 is 19.8 Å². The van der Waals surface area contributed by atoms with Crippen molar-refractivity contribution in [2.75, 3.05) is 43.9 Å². The second-order valence-electron chi connectivity index (χ2n) is 6.14. The number of furan rings is 1. The second-order valence-corrected chi connectivity index (χ2v) is 9.28. The van der Waals surface area contributed by atoms with Crippen LogP contribution in [0.15, 0.2) is 28.9 Å². The maximum atomic E-state index is 12.4. The van der Waals surface area contributed by atoms with Crippen molar-refractivity contribution in [1.29, 1.82) is 0 Å². The molecule has 0 aliphatic carbocycles. The van der Waals surface area contributed by atoms with Crippen LogP contribution in [0, 0.1) is 6.92 Å². The molecule has 0 bridgehead atoms. The number of aryl methyl sites for hydroxylation is 1. The van der Waals surface area contributed by atoms with E-state index in [0.717, 1.165) is 11.3 Å². The number of hydrogen-bond acceptors (Lipinski definition) is 7. The molecule has 0 radical (unpaired) electrons. The van der Waals surface area contributed by atoms with Crippen LogP contribution in [0.5, 0.6) is 0 Å². The lowest BCUT2D eigenvalue weighted by Crippen LogP contribution is -2.43. The summed E-state index contributed by atoms with van der Waals surface area (Å²) in [6.45, 7) is 3.18. The highest BCUT2D eigenvalue weighted by atomic mass is 32.2. The van der Waals surface area contributed by atoms with Gasteiger partial charge in [-0.3, -0.25) is 9.59 Å². The molecule has 28 heavy (non-hydrogen) atoms. The number of nitrogens with one attached hydrogen (secondary N) is 2. The lowest BCUT2D eigenvalue weighted by molar-refractivity contribution is 0.0730. The highest BCUT2D eigenvalue weighted by Gasteiger charge is 2.24. The van der Waals surface area contributed by atoms with E-state index in [-0.39, 0.29) is 24.0 Å². The minimum atomic E-state index is -3.43. The topological polar surface area (TPSA) is 118 Å². The first kappa shape index (κ1) is 20.5. The summed E-state index contributed by atoms with van der Waals surface area (Å²) in [7, 11) is -3.43. The van der Waals surface area contributed by atoms with E-state index in [2.05, 4.69) is 10.6 Å². The Hall–Kier alpha value is -2.21. The minimum Gasteiger partial charge on any atom is -0.459 e. The molecular weight excluding hydrogens is 406 g/mol. The Morgan fingerprint density at radius 2 is 2.00 bits per heavy atom. The Bertz CT molecular complexity index is 930. The summed E-state index contributed by atoms with van der Waals surface area (Å²) in [6.07, 6.45) is 1.40. The van der Waals surface area contributed by atoms with Gasteiger partial charge in [-0.25, -0.2) is 8.42 Å². The van der Waals surface area contributed by atoms with Crippen LogP contribution in [0.25, 0.3) is 0 Å². The molecule has 2 N–H and O–H groups in total. The van der Waals surface area contributed by atoms with Crippen molar-refractivity contribution >= 4 is 38.2 Å². The first-order valence-electron chi connectivity index (χ1n) is 8.66. The van der Waals surface area contributed by atoms with Crippen molar-refractivity contribution in [3.05, 3.63) is 40.7 Å². The van der Waals surface area contributed by atoms with E-state index in [9.17, 15) is 18.0 Å². The van der Waals surface area contributed by atoms with Crippen LogP contribution in [0.2, 0.25) is 0 Å². The average molecular weight is 428 g/mol. The van der Waals surface area contributed by atoms with Gasteiger partial charge in [-0.2, -0.15) is 4.31 Å². The Morgan fingerprint density at radius 3 is 2.68 bits per heavy atom. The first-order chi connectivity index (χ1) is 13.4. The van der Waals surface area contributed by atoms with E-state index in [4.69, 9.17) is 9.15 Å². The summed E-state index contributed by atoms with van der Waals surface area (Å²) in [5.74, 6) is -0.788. The van der Waals surface area contributed by atoms with E-state index in [1.54, 1.807) is 25.1 Å². The SMILES string of the molecule is Cc1cc(NC(=O)c2ccco2)sc1C(=O)NCCS(=O)(=O)N1CCOCC1. The van der Waals surface area contributed by atoms with Crippen molar-refractivity contribution in [3.8, 4) is 0 Å². The normalized spacial score (nSPS) is 15.3. The smallest absolute Gasteiger partial charge is 0.291 e. The number of sulfonamides is 1. The molecule has 0 saturated carbocycles. The lowest BCUT2D eigenvalue weighted by atomic mass is 10.3. The molecule has 3 heterocycles. The van der Waals surface area contributed by atoms with Gasteiger partial charge in [0, 0.05) is 19.6 Å². The zero-order chi connectivity index (χ0) is 20.1. The number of ether oxygens (including phenoxy) is 1. The predicted octanol–water partition coefficient (Wildman–Crippen LogP) is 1.29. The predicted molar refractivity (Wildman–Crippen MR) is 104 cm³/mol. The van der Waals surface area contributed by atoms with Crippen LogP contribution < -0.4 is 10.6 Å². The van der Waals surface area contributed by atoms with Crippen molar-refractivity contribution in [1.82, 2.24) is 9.62 Å². The van der Waals surface area contributed by atoms with Crippen LogP contribution in [0.3, 0.4) is 0 Å².